The summed E-state index contributed by atoms with van der Waals surface area (Å²) in [6.45, 7) is 0.455. The van der Waals surface area contributed by atoms with Crippen LogP contribution in [0.1, 0.15) is 22.5 Å². The number of benzene rings is 1. The molecule has 7 heteroatoms. The van der Waals surface area contributed by atoms with Gasteiger partial charge in [0.1, 0.15) is 6.10 Å². The van der Waals surface area contributed by atoms with Gasteiger partial charge in [0.05, 0.1) is 15.8 Å². The SMILES string of the molecule is CNc1ccc(N2CC(CCC(=O)c3ccc(Cl)s3)OC2=O)cc1. The first-order valence-electron chi connectivity index (χ1n) is 7.61. The Morgan fingerprint density at radius 2 is 2.08 bits per heavy atom. The predicted octanol–water partition coefficient (Wildman–Crippen LogP) is 4.43. The van der Waals surface area contributed by atoms with E-state index in [0.717, 1.165) is 11.4 Å². The molecule has 2 heterocycles. The van der Waals surface area contributed by atoms with Gasteiger partial charge in [-0.3, -0.25) is 9.69 Å². The Balaban J connectivity index is 1.57. The molecule has 1 N–H and O–H groups in total. The van der Waals surface area contributed by atoms with Crippen LogP contribution in [0.5, 0.6) is 0 Å². The summed E-state index contributed by atoms with van der Waals surface area (Å²) in [5.41, 5.74) is 1.76. The summed E-state index contributed by atoms with van der Waals surface area (Å²) >= 11 is 7.12. The summed E-state index contributed by atoms with van der Waals surface area (Å²) in [7, 11) is 1.84. The second kappa shape index (κ2) is 7.23. The molecule has 0 bridgehead atoms. The van der Waals surface area contributed by atoms with Crippen LogP contribution >= 0.6 is 22.9 Å². The normalized spacial score (nSPS) is 17.0. The van der Waals surface area contributed by atoms with Crippen molar-refractivity contribution in [1.29, 1.82) is 0 Å². The monoisotopic (exact) mass is 364 g/mol. The maximum absolute atomic E-state index is 12.1. The molecule has 1 atom stereocenters. The number of thiophene rings is 1. The number of hydrogen-bond acceptors (Lipinski definition) is 5. The number of ketones is 1. The van der Waals surface area contributed by atoms with Crippen molar-refractivity contribution in [2.24, 2.45) is 0 Å². The van der Waals surface area contributed by atoms with E-state index in [1.54, 1.807) is 17.0 Å². The van der Waals surface area contributed by atoms with Crippen LogP contribution in [0, 0.1) is 0 Å². The number of nitrogens with zero attached hydrogens (tertiary/aromatic N) is 1. The second-order valence-electron chi connectivity index (χ2n) is 5.48. The Kier molecular flexibility index (Phi) is 5.06. The Labute approximate surface area is 149 Å². The fraction of sp³-hybridized carbons (Fsp3) is 0.294. The number of halogens is 1. The van der Waals surface area contributed by atoms with Crippen molar-refractivity contribution in [2.75, 3.05) is 23.8 Å². The highest BCUT2D eigenvalue weighted by molar-refractivity contribution is 7.18. The molecule has 1 amide bonds. The maximum atomic E-state index is 12.1. The molecule has 1 unspecified atom stereocenters. The molecule has 0 radical (unpaired) electrons. The van der Waals surface area contributed by atoms with Gasteiger partial charge in [-0.05, 0) is 42.8 Å². The molecule has 1 fully saturated rings. The molecule has 24 heavy (non-hydrogen) atoms. The third kappa shape index (κ3) is 3.71. The van der Waals surface area contributed by atoms with E-state index in [9.17, 15) is 9.59 Å². The summed E-state index contributed by atoms with van der Waals surface area (Å²) < 4.78 is 5.97. The van der Waals surface area contributed by atoms with Crippen LogP contribution in [0.2, 0.25) is 4.34 Å². The highest BCUT2D eigenvalue weighted by Gasteiger charge is 2.32. The van der Waals surface area contributed by atoms with Crippen molar-refractivity contribution in [3.8, 4) is 0 Å². The van der Waals surface area contributed by atoms with E-state index in [4.69, 9.17) is 16.3 Å². The van der Waals surface area contributed by atoms with Crippen LogP contribution in [-0.4, -0.2) is 31.6 Å². The van der Waals surface area contributed by atoms with Gasteiger partial charge in [0.25, 0.3) is 0 Å². The Morgan fingerprint density at radius 3 is 2.71 bits per heavy atom. The minimum Gasteiger partial charge on any atom is -0.444 e. The summed E-state index contributed by atoms with van der Waals surface area (Å²) in [5.74, 6) is 0.0276. The minimum atomic E-state index is -0.371. The van der Waals surface area contributed by atoms with E-state index >= 15 is 0 Å². The van der Waals surface area contributed by atoms with Crippen LogP contribution in [0.25, 0.3) is 0 Å². The highest BCUT2D eigenvalue weighted by atomic mass is 35.5. The standard InChI is InChI=1S/C17H17ClN2O3S/c1-19-11-2-4-12(5-3-11)20-10-13(23-17(20)22)6-7-14(21)15-8-9-16(18)24-15/h2-5,8-9,13,19H,6-7,10H2,1H3. The van der Waals surface area contributed by atoms with E-state index < -0.39 is 0 Å². The van der Waals surface area contributed by atoms with E-state index in [1.165, 1.54) is 11.3 Å². The number of nitrogens with one attached hydrogen (secondary N) is 1. The molecule has 2 aromatic rings. The van der Waals surface area contributed by atoms with Crippen molar-refractivity contribution < 1.29 is 14.3 Å². The van der Waals surface area contributed by atoms with Crippen LogP contribution in [0.15, 0.2) is 36.4 Å². The quantitative estimate of drug-likeness (QED) is 0.770. The van der Waals surface area contributed by atoms with E-state index in [0.29, 0.717) is 28.6 Å². The summed E-state index contributed by atoms with van der Waals surface area (Å²) in [6.07, 6.45) is 0.191. The predicted molar refractivity (Wildman–Crippen MR) is 96.5 cm³/mol. The third-order valence-electron chi connectivity index (χ3n) is 3.88. The Morgan fingerprint density at radius 1 is 1.33 bits per heavy atom. The molecule has 3 rings (SSSR count). The molecule has 1 aromatic carbocycles. The van der Waals surface area contributed by atoms with Gasteiger partial charge in [-0.2, -0.15) is 0 Å². The lowest BCUT2D eigenvalue weighted by molar-refractivity contribution is 0.0943. The van der Waals surface area contributed by atoms with Gasteiger partial charge in [0.2, 0.25) is 0 Å². The van der Waals surface area contributed by atoms with Gasteiger partial charge in [0.15, 0.2) is 5.78 Å². The lowest BCUT2D eigenvalue weighted by atomic mass is 10.1. The number of carbonyl (C=O) groups is 2. The summed E-state index contributed by atoms with van der Waals surface area (Å²) in [5, 5.41) is 3.03. The van der Waals surface area contributed by atoms with Crippen LogP contribution < -0.4 is 10.2 Å². The van der Waals surface area contributed by atoms with E-state index in [1.807, 2.05) is 31.3 Å². The first-order valence-corrected chi connectivity index (χ1v) is 8.81. The van der Waals surface area contributed by atoms with Crippen molar-refractivity contribution in [3.05, 3.63) is 45.6 Å². The molecule has 1 aliphatic rings. The van der Waals surface area contributed by atoms with E-state index in [-0.39, 0.29) is 18.0 Å². The lowest BCUT2D eigenvalue weighted by Gasteiger charge is -2.13. The third-order valence-corrected chi connectivity index (χ3v) is 5.16. The van der Waals surface area contributed by atoms with Gasteiger partial charge in [0, 0.05) is 24.8 Å². The fourth-order valence-electron chi connectivity index (χ4n) is 2.57. The fourth-order valence-corrected chi connectivity index (χ4v) is 3.58. The number of anilines is 2. The van der Waals surface area contributed by atoms with Gasteiger partial charge < -0.3 is 10.1 Å². The second-order valence-corrected chi connectivity index (χ2v) is 7.19. The van der Waals surface area contributed by atoms with E-state index in [2.05, 4.69) is 5.32 Å². The summed E-state index contributed by atoms with van der Waals surface area (Å²) in [6, 6.07) is 11.0. The molecule has 0 aliphatic carbocycles. The Bertz CT molecular complexity index is 745. The van der Waals surface area contributed by atoms with Crippen molar-refractivity contribution in [1.82, 2.24) is 0 Å². The lowest BCUT2D eigenvalue weighted by Crippen LogP contribution is -2.24. The zero-order valence-electron chi connectivity index (χ0n) is 13.1. The number of carbonyl (C=O) groups excluding carboxylic acids is 2. The largest absolute Gasteiger partial charge is 0.444 e. The van der Waals surface area contributed by atoms with Gasteiger partial charge in [-0.25, -0.2) is 4.79 Å². The number of cyclic esters (lactones) is 1. The molecule has 0 saturated carbocycles. The average molecular weight is 365 g/mol. The smallest absolute Gasteiger partial charge is 0.414 e. The van der Waals surface area contributed by atoms with Gasteiger partial charge in [-0.1, -0.05) is 11.6 Å². The Hall–Kier alpha value is -2.05. The maximum Gasteiger partial charge on any atom is 0.414 e. The molecule has 126 valence electrons. The first-order chi connectivity index (χ1) is 11.6. The summed E-state index contributed by atoms with van der Waals surface area (Å²) in [4.78, 5) is 26.4. The molecular weight excluding hydrogens is 348 g/mol. The highest BCUT2D eigenvalue weighted by Crippen LogP contribution is 2.27. The topological polar surface area (TPSA) is 58.6 Å². The van der Waals surface area contributed by atoms with Crippen molar-refractivity contribution in [3.63, 3.8) is 0 Å². The van der Waals surface area contributed by atoms with Gasteiger partial charge >= 0.3 is 6.09 Å². The molecule has 1 saturated heterocycles. The molecule has 0 spiro atoms. The zero-order chi connectivity index (χ0) is 17.1. The molecule has 1 aromatic heterocycles. The van der Waals surface area contributed by atoms with Crippen LogP contribution in [0.4, 0.5) is 16.2 Å². The van der Waals surface area contributed by atoms with Crippen LogP contribution in [0.3, 0.4) is 0 Å². The first kappa shape index (κ1) is 16.8. The number of hydrogen-bond donors (Lipinski definition) is 1. The number of rotatable bonds is 6. The number of Topliss-reactive ketones (excluding diaryl/α,β-unsaturated/α-hetero) is 1. The van der Waals surface area contributed by atoms with Crippen LogP contribution in [-0.2, 0) is 4.74 Å². The molecule has 1 aliphatic heterocycles. The van der Waals surface area contributed by atoms with Gasteiger partial charge in [-0.15, -0.1) is 11.3 Å². The zero-order valence-corrected chi connectivity index (χ0v) is 14.7. The minimum absolute atomic E-state index is 0.0276. The van der Waals surface area contributed by atoms with Crippen molar-refractivity contribution in [2.45, 2.75) is 18.9 Å². The molecule has 5 nitrogen and oxygen atoms in total. The van der Waals surface area contributed by atoms with Crippen molar-refractivity contribution >= 4 is 46.2 Å². The number of ether oxygens (including phenoxy) is 1. The average Bonchev–Trinajstić information content (AvgIpc) is 3.18. The molecular formula is C17H17ClN2O3S. The number of amides is 1.